The Labute approximate surface area is 224 Å². The molecule has 2 aromatic carbocycles. The van der Waals surface area contributed by atoms with Crippen LogP contribution in [-0.4, -0.2) is 52.3 Å². The van der Waals surface area contributed by atoms with Crippen LogP contribution in [0, 0.1) is 17.0 Å². The predicted molar refractivity (Wildman–Crippen MR) is 143 cm³/mol. The molecule has 0 radical (unpaired) electrons. The number of rotatable bonds is 10. The number of amides is 2. The molecule has 1 aliphatic heterocycles. The first-order valence-corrected chi connectivity index (χ1v) is 13.2. The molecule has 4 rings (SSSR count). The average Bonchev–Trinajstić information content (AvgIpc) is 3.54. The molecular weight excluding hydrogens is 514 g/mol. The fourth-order valence-corrected chi connectivity index (χ4v) is 5.43. The summed E-state index contributed by atoms with van der Waals surface area (Å²) in [7, 11) is 0. The Morgan fingerprint density at radius 2 is 1.89 bits per heavy atom. The molecule has 37 heavy (non-hydrogen) atoms. The van der Waals surface area contributed by atoms with E-state index in [0.29, 0.717) is 19.7 Å². The van der Waals surface area contributed by atoms with E-state index in [1.165, 1.54) is 17.0 Å². The fourth-order valence-electron chi connectivity index (χ4n) is 4.27. The highest BCUT2D eigenvalue weighted by atomic mass is 35.5. The van der Waals surface area contributed by atoms with Crippen LogP contribution in [-0.2, 0) is 22.6 Å². The smallest absolute Gasteiger partial charge is 0.270 e. The third-order valence-corrected chi connectivity index (χ3v) is 7.47. The molecule has 1 aromatic heterocycles. The van der Waals surface area contributed by atoms with Crippen LogP contribution in [0.25, 0.3) is 0 Å². The van der Waals surface area contributed by atoms with Crippen LogP contribution in [0.3, 0.4) is 0 Å². The maximum atomic E-state index is 13.7. The van der Waals surface area contributed by atoms with Crippen molar-refractivity contribution in [2.24, 2.45) is 0 Å². The van der Waals surface area contributed by atoms with Gasteiger partial charge < -0.3 is 14.5 Å². The number of aryl methyl sites for hydroxylation is 1. The minimum absolute atomic E-state index is 0.0285. The van der Waals surface area contributed by atoms with Gasteiger partial charge in [0.2, 0.25) is 5.91 Å². The van der Waals surface area contributed by atoms with Gasteiger partial charge in [-0.25, -0.2) is 0 Å². The maximum Gasteiger partial charge on any atom is 0.270 e. The summed E-state index contributed by atoms with van der Waals surface area (Å²) in [5.41, 5.74) is 0.893. The molecule has 194 valence electrons. The minimum Gasteiger partial charge on any atom is -0.376 e. The van der Waals surface area contributed by atoms with Crippen molar-refractivity contribution >= 4 is 40.4 Å². The largest absolute Gasteiger partial charge is 0.376 e. The summed E-state index contributed by atoms with van der Waals surface area (Å²) in [5, 5.41) is 11.1. The van der Waals surface area contributed by atoms with Crippen LogP contribution in [0.5, 0.6) is 0 Å². The van der Waals surface area contributed by atoms with E-state index >= 15 is 0 Å². The molecule has 3 aromatic rings. The standard InChI is InChI=1S/C27H28ClN3O5S/c1-19-9-11-23(37-19)17-29(15-20-6-3-2-4-7-20)26(32)18-30(16-22-8-5-13-36-22)27(33)24-12-10-21(31(34)35)14-25(24)28/h2-4,6-7,9-12,14,22H,5,8,13,15-18H2,1H3. The SMILES string of the molecule is Cc1ccc(CN(Cc2ccccc2)C(=O)CN(CC2CCCO2)C(=O)c2ccc([N+](=O)[O-])cc2Cl)s1. The van der Waals surface area contributed by atoms with Gasteiger partial charge in [-0.15, -0.1) is 11.3 Å². The zero-order valence-corrected chi connectivity index (χ0v) is 22.0. The number of hydrogen-bond acceptors (Lipinski definition) is 6. The van der Waals surface area contributed by atoms with Crippen LogP contribution < -0.4 is 0 Å². The van der Waals surface area contributed by atoms with Crippen molar-refractivity contribution in [3.63, 3.8) is 0 Å². The molecule has 8 nitrogen and oxygen atoms in total. The van der Waals surface area contributed by atoms with E-state index in [4.69, 9.17) is 16.3 Å². The topological polar surface area (TPSA) is 93.0 Å². The van der Waals surface area contributed by atoms with Crippen molar-refractivity contribution in [3.8, 4) is 0 Å². The number of nitrogens with zero attached hydrogens (tertiary/aromatic N) is 3. The first-order chi connectivity index (χ1) is 17.8. The minimum atomic E-state index is -0.568. The van der Waals surface area contributed by atoms with E-state index in [0.717, 1.165) is 34.2 Å². The number of carbonyl (C=O) groups is 2. The molecule has 0 N–H and O–H groups in total. The van der Waals surface area contributed by atoms with Gasteiger partial charge in [-0.05, 0) is 43.5 Å². The lowest BCUT2D eigenvalue weighted by atomic mass is 10.1. The Morgan fingerprint density at radius 1 is 1.11 bits per heavy atom. The van der Waals surface area contributed by atoms with E-state index in [1.54, 1.807) is 16.2 Å². The fraction of sp³-hybridized carbons (Fsp3) is 0.333. The number of nitro groups is 1. The molecule has 1 atom stereocenters. The Balaban J connectivity index is 1.58. The summed E-state index contributed by atoms with van der Waals surface area (Å²) >= 11 is 7.90. The molecule has 0 bridgehead atoms. The van der Waals surface area contributed by atoms with Gasteiger partial charge in [-0.1, -0.05) is 41.9 Å². The molecule has 1 fully saturated rings. The van der Waals surface area contributed by atoms with Crippen LogP contribution in [0.4, 0.5) is 5.69 Å². The normalized spacial score (nSPS) is 14.9. The molecule has 1 aliphatic rings. The molecule has 2 heterocycles. The quantitative estimate of drug-likeness (QED) is 0.251. The summed E-state index contributed by atoms with van der Waals surface area (Å²) in [6.07, 6.45) is 1.49. The Kier molecular flexibility index (Phi) is 8.91. The van der Waals surface area contributed by atoms with Crippen molar-refractivity contribution in [1.82, 2.24) is 9.80 Å². The zero-order chi connectivity index (χ0) is 26.4. The number of non-ortho nitro benzene ring substituents is 1. The van der Waals surface area contributed by atoms with Crippen molar-refractivity contribution in [3.05, 3.63) is 96.7 Å². The van der Waals surface area contributed by atoms with Crippen molar-refractivity contribution in [2.45, 2.75) is 39.0 Å². The molecule has 0 saturated carbocycles. The van der Waals surface area contributed by atoms with Gasteiger partial charge in [-0.3, -0.25) is 19.7 Å². The highest BCUT2D eigenvalue weighted by molar-refractivity contribution is 7.11. The number of ether oxygens (including phenoxy) is 1. The van der Waals surface area contributed by atoms with E-state index in [1.807, 2.05) is 49.4 Å². The zero-order valence-electron chi connectivity index (χ0n) is 20.5. The van der Waals surface area contributed by atoms with E-state index in [-0.39, 0.29) is 41.4 Å². The van der Waals surface area contributed by atoms with Gasteiger partial charge in [0.05, 0.1) is 28.2 Å². The second-order valence-corrected chi connectivity index (χ2v) is 10.8. The Hall–Kier alpha value is -3.27. The van der Waals surface area contributed by atoms with Crippen LogP contribution in [0.1, 0.15) is 38.5 Å². The lowest BCUT2D eigenvalue weighted by Gasteiger charge is -2.29. The second-order valence-electron chi connectivity index (χ2n) is 8.99. The van der Waals surface area contributed by atoms with Crippen molar-refractivity contribution in [1.29, 1.82) is 0 Å². The number of halogens is 1. The van der Waals surface area contributed by atoms with E-state index in [9.17, 15) is 19.7 Å². The molecular formula is C27H28ClN3O5S. The number of nitro benzene ring substituents is 1. The van der Waals surface area contributed by atoms with Gasteiger partial charge in [0.1, 0.15) is 6.54 Å². The number of thiophene rings is 1. The Bertz CT molecular complexity index is 1260. The van der Waals surface area contributed by atoms with Crippen LogP contribution in [0.2, 0.25) is 5.02 Å². The second kappa shape index (κ2) is 12.3. The maximum absolute atomic E-state index is 13.7. The number of hydrogen-bond donors (Lipinski definition) is 0. The highest BCUT2D eigenvalue weighted by Gasteiger charge is 2.29. The molecule has 1 saturated heterocycles. The molecule has 0 aliphatic carbocycles. The predicted octanol–water partition coefficient (Wildman–Crippen LogP) is 5.47. The van der Waals surface area contributed by atoms with Gasteiger partial charge in [-0.2, -0.15) is 0 Å². The lowest BCUT2D eigenvalue weighted by Crippen LogP contribution is -2.45. The number of benzene rings is 2. The highest BCUT2D eigenvalue weighted by Crippen LogP contribution is 2.25. The van der Waals surface area contributed by atoms with Crippen LogP contribution in [0.15, 0.2) is 60.7 Å². The lowest BCUT2D eigenvalue weighted by molar-refractivity contribution is -0.384. The third kappa shape index (κ3) is 7.15. The van der Waals surface area contributed by atoms with Crippen molar-refractivity contribution < 1.29 is 19.2 Å². The summed E-state index contributed by atoms with van der Waals surface area (Å²) in [6.45, 7) is 3.52. The average molecular weight is 542 g/mol. The first-order valence-electron chi connectivity index (χ1n) is 12.0. The molecule has 0 spiro atoms. The summed E-state index contributed by atoms with van der Waals surface area (Å²) in [4.78, 5) is 43.2. The molecule has 2 amide bonds. The van der Waals surface area contributed by atoms with Crippen LogP contribution >= 0.6 is 22.9 Å². The summed E-state index contributed by atoms with van der Waals surface area (Å²) in [5.74, 6) is -0.672. The third-order valence-electron chi connectivity index (χ3n) is 6.17. The summed E-state index contributed by atoms with van der Waals surface area (Å²) in [6, 6.07) is 17.5. The number of carbonyl (C=O) groups excluding carboxylic acids is 2. The van der Waals surface area contributed by atoms with Crippen molar-refractivity contribution in [2.75, 3.05) is 19.7 Å². The van der Waals surface area contributed by atoms with Gasteiger partial charge in [0.25, 0.3) is 11.6 Å². The Morgan fingerprint density at radius 3 is 2.51 bits per heavy atom. The van der Waals surface area contributed by atoms with Gasteiger partial charge in [0, 0.05) is 41.6 Å². The summed E-state index contributed by atoms with van der Waals surface area (Å²) < 4.78 is 5.75. The van der Waals surface area contributed by atoms with E-state index < -0.39 is 10.8 Å². The molecule has 10 heteroatoms. The van der Waals surface area contributed by atoms with Gasteiger partial charge >= 0.3 is 0 Å². The molecule has 1 unspecified atom stereocenters. The van der Waals surface area contributed by atoms with Gasteiger partial charge in [0.15, 0.2) is 0 Å². The first kappa shape index (κ1) is 26.8. The van der Waals surface area contributed by atoms with E-state index in [2.05, 4.69) is 0 Å². The monoisotopic (exact) mass is 541 g/mol.